The molecule has 0 aromatic carbocycles. The van der Waals surface area contributed by atoms with Gasteiger partial charge in [0, 0.05) is 0 Å². The number of aliphatic hydroxyl groups is 1. The molecular weight excluding hydrogens is 443 g/mol. The van der Waals surface area contributed by atoms with E-state index in [-0.39, 0.29) is 44.5 Å². The van der Waals surface area contributed by atoms with E-state index in [0.29, 0.717) is 0 Å². The van der Waals surface area contributed by atoms with E-state index in [2.05, 4.69) is 4.74 Å². The van der Waals surface area contributed by atoms with Crippen LogP contribution in [0.1, 0.15) is 39.5 Å². The Bertz CT molecular complexity index is 388. The van der Waals surface area contributed by atoms with E-state index >= 15 is 0 Å². The zero-order valence-corrected chi connectivity index (χ0v) is 13.8. The molecule has 20 heavy (non-hydrogen) atoms. The molecular formula is C13H20N2O4Pt. The van der Waals surface area contributed by atoms with Crippen LogP contribution in [0, 0.1) is 0 Å². The molecule has 0 radical (unpaired) electrons. The first-order valence-corrected chi connectivity index (χ1v) is 6.41. The van der Waals surface area contributed by atoms with E-state index in [1.54, 1.807) is 0 Å². The summed E-state index contributed by atoms with van der Waals surface area (Å²) in [6, 6.07) is -0.160. The molecule has 0 aromatic heterocycles. The first kappa shape index (κ1) is 19.3. The van der Waals surface area contributed by atoms with Crippen molar-refractivity contribution >= 4 is 11.8 Å². The van der Waals surface area contributed by atoms with Crippen LogP contribution in [-0.4, -0.2) is 35.0 Å². The van der Waals surface area contributed by atoms with Gasteiger partial charge in [0.05, 0.1) is 0 Å². The van der Waals surface area contributed by atoms with Crippen LogP contribution >= 0.6 is 0 Å². The number of esters is 1. The first-order valence-electron chi connectivity index (χ1n) is 6.41. The second-order valence-corrected chi connectivity index (χ2v) is 4.86. The van der Waals surface area contributed by atoms with Gasteiger partial charge in [0.1, 0.15) is 5.57 Å². The Hall–Kier alpha value is -0.712. The summed E-state index contributed by atoms with van der Waals surface area (Å²) in [6.07, 6.45) is 3.57. The van der Waals surface area contributed by atoms with Crippen LogP contribution in [0.4, 0.5) is 0 Å². The van der Waals surface area contributed by atoms with E-state index in [1.165, 1.54) is 26.7 Å². The van der Waals surface area contributed by atoms with Crippen molar-refractivity contribution in [3.63, 3.8) is 0 Å². The Kier molecular flexibility index (Phi) is 8.24. The normalized spacial score (nSPS) is 29.0. The number of hydrogen-bond donors (Lipinski definition) is 1. The maximum absolute atomic E-state index is 10.8. The Balaban J connectivity index is 0.000000359. The van der Waals surface area contributed by atoms with Gasteiger partial charge in [-0.25, -0.2) is 4.79 Å². The minimum absolute atomic E-state index is 0. The van der Waals surface area contributed by atoms with Crippen LogP contribution in [0.5, 0.6) is 0 Å². The molecule has 0 amide bonds. The Labute approximate surface area is 133 Å². The molecule has 1 saturated carbocycles. The molecule has 1 aliphatic carbocycles. The van der Waals surface area contributed by atoms with Crippen molar-refractivity contribution in [1.29, 1.82) is 0 Å². The monoisotopic (exact) mass is 463 g/mol. The summed E-state index contributed by atoms with van der Waals surface area (Å²) in [5.41, 5.74) is 14.4. The second kappa shape index (κ2) is 8.55. The van der Waals surface area contributed by atoms with Gasteiger partial charge in [-0.05, 0) is 13.8 Å². The van der Waals surface area contributed by atoms with Gasteiger partial charge in [0.2, 0.25) is 0 Å². The van der Waals surface area contributed by atoms with Gasteiger partial charge in [0.25, 0.3) is 0 Å². The molecule has 0 spiro atoms. The molecule has 3 N–H and O–H groups in total. The number of nitrogens with one attached hydrogen (secondary N) is 2. The summed E-state index contributed by atoms with van der Waals surface area (Å²) in [6.45, 7) is 2.72. The summed E-state index contributed by atoms with van der Waals surface area (Å²) in [5.74, 6) is -1.46. The maximum Gasteiger partial charge on any atom is 2.00 e. The van der Waals surface area contributed by atoms with Gasteiger partial charge in [0.15, 0.2) is 17.6 Å². The van der Waals surface area contributed by atoms with Crippen LogP contribution < -0.4 is 0 Å². The number of ether oxygens (including phenoxy) is 1. The van der Waals surface area contributed by atoms with E-state index in [4.69, 9.17) is 16.6 Å². The molecule has 0 saturated heterocycles. The zero-order valence-electron chi connectivity index (χ0n) is 11.5. The van der Waals surface area contributed by atoms with Gasteiger partial charge < -0.3 is 21.3 Å². The van der Waals surface area contributed by atoms with E-state index in [0.717, 1.165) is 12.8 Å². The molecule has 2 rings (SSSR count). The quantitative estimate of drug-likeness (QED) is 0.476. The predicted molar refractivity (Wildman–Crippen MR) is 70.6 cm³/mol. The molecule has 116 valence electrons. The SMILES string of the molecule is CC(=O)C1=C(O)C(C)OC1=O.[NH-]C1CCCC[C@H]1[NH-].[Pt+2]. The van der Waals surface area contributed by atoms with Crippen LogP contribution in [0.25, 0.3) is 11.5 Å². The third-order valence-corrected chi connectivity index (χ3v) is 3.25. The number of carbonyl (C=O) groups is 2. The molecule has 2 aliphatic rings. The molecule has 6 nitrogen and oxygen atoms in total. The van der Waals surface area contributed by atoms with Crippen LogP contribution in [-0.2, 0) is 35.4 Å². The van der Waals surface area contributed by atoms with Crippen LogP contribution in [0.2, 0.25) is 0 Å². The first-order chi connectivity index (χ1) is 8.84. The molecule has 0 aromatic rings. The molecule has 1 fully saturated rings. The predicted octanol–water partition coefficient (Wildman–Crippen LogP) is 2.73. The second-order valence-electron chi connectivity index (χ2n) is 4.86. The fraction of sp³-hybridized carbons (Fsp3) is 0.692. The molecule has 3 atom stereocenters. The smallest absolute Gasteiger partial charge is 0.676 e. The Morgan fingerprint density at radius 2 is 1.70 bits per heavy atom. The number of cyclic esters (lactones) is 1. The largest absolute Gasteiger partial charge is 2.00 e. The van der Waals surface area contributed by atoms with Crippen molar-refractivity contribution < 1.29 is 40.5 Å². The molecule has 7 heteroatoms. The third-order valence-electron chi connectivity index (χ3n) is 3.25. The summed E-state index contributed by atoms with van der Waals surface area (Å²) in [5, 5.41) is 9.11. The van der Waals surface area contributed by atoms with Gasteiger partial charge in [-0.15, -0.1) is 0 Å². The number of hydrogen-bond acceptors (Lipinski definition) is 4. The van der Waals surface area contributed by atoms with Crippen molar-refractivity contribution in [1.82, 2.24) is 0 Å². The van der Waals surface area contributed by atoms with Crippen molar-refractivity contribution in [3.05, 3.63) is 22.8 Å². The number of ketones is 1. The van der Waals surface area contributed by atoms with Crippen molar-refractivity contribution in [2.24, 2.45) is 0 Å². The fourth-order valence-electron chi connectivity index (χ4n) is 2.04. The minimum atomic E-state index is -0.734. The third kappa shape index (κ3) is 5.00. The van der Waals surface area contributed by atoms with Gasteiger partial charge in [-0.3, -0.25) is 4.79 Å². The van der Waals surface area contributed by atoms with Gasteiger partial charge in [-0.2, -0.15) is 12.1 Å². The average molecular weight is 463 g/mol. The van der Waals surface area contributed by atoms with Crippen molar-refractivity contribution in [2.75, 3.05) is 0 Å². The topological polar surface area (TPSA) is 111 Å². The number of Topliss-reactive ketones (excluding diaryl/α,β-unsaturated/α-hetero) is 1. The Morgan fingerprint density at radius 1 is 1.25 bits per heavy atom. The van der Waals surface area contributed by atoms with Crippen molar-refractivity contribution in [3.8, 4) is 0 Å². The fourth-order valence-corrected chi connectivity index (χ4v) is 2.04. The summed E-state index contributed by atoms with van der Waals surface area (Å²) in [7, 11) is 0. The van der Waals surface area contributed by atoms with Crippen molar-refractivity contribution in [2.45, 2.75) is 57.7 Å². The van der Waals surface area contributed by atoms with E-state index < -0.39 is 17.9 Å². The summed E-state index contributed by atoms with van der Waals surface area (Å²) in [4.78, 5) is 21.5. The molecule has 0 bridgehead atoms. The average Bonchev–Trinajstić information content (AvgIpc) is 2.58. The van der Waals surface area contributed by atoms with Gasteiger partial charge >= 0.3 is 27.0 Å². The zero-order chi connectivity index (χ0) is 14.6. The molecule has 1 heterocycles. The van der Waals surface area contributed by atoms with E-state index in [9.17, 15) is 9.59 Å². The van der Waals surface area contributed by atoms with Crippen LogP contribution in [0.15, 0.2) is 11.3 Å². The maximum atomic E-state index is 10.8. The Morgan fingerprint density at radius 3 is 1.90 bits per heavy atom. The summed E-state index contributed by atoms with van der Waals surface area (Å²) >= 11 is 0. The molecule has 1 aliphatic heterocycles. The number of carbonyl (C=O) groups excluding carboxylic acids is 2. The standard InChI is InChI=1S/C7H8O4.C6H12N2.Pt/c1-3(8)5-6(9)4(2)11-7(5)10;7-5-3-1-2-4-6(5)8;/h4,9H,1-2H3;5-8H,1-4H2;/q;-2;+2/t;5-,6?;/m.1./s1. The number of aliphatic hydroxyl groups excluding tert-OH is 1. The summed E-state index contributed by atoms with van der Waals surface area (Å²) < 4.78 is 4.56. The number of rotatable bonds is 1. The van der Waals surface area contributed by atoms with Crippen LogP contribution in [0.3, 0.4) is 0 Å². The van der Waals surface area contributed by atoms with Gasteiger partial charge in [-0.1, -0.05) is 25.7 Å². The van der Waals surface area contributed by atoms with E-state index in [1.807, 2.05) is 0 Å². The molecule has 2 unspecified atom stereocenters. The minimum Gasteiger partial charge on any atom is -0.676 e.